The van der Waals surface area contributed by atoms with Crippen molar-refractivity contribution in [2.75, 3.05) is 45.8 Å². The first-order chi connectivity index (χ1) is 14.1. The van der Waals surface area contributed by atoms with E-state index in [1.54, 1.807) is 0 Å². The van der Waals surface area contributed by atoms with Crippen molar-refractivity contribution in [1.82, 2.24) is 20.4 Å². The molecule has 0 bridgehead atoms. The number of nitrogens with two attached hydrogens (primary N) is 1. The Morgan fingerprint density at radius 1 is 1.03 bits per heavy atom. The zero-order valence-electron chi connectivity index (χ0n) is 18.8. The minimum absolute atomic E-state index is 0. The number of aliphatic imine (C=N–C) groups is 1. The molecule has 0 aromatic carbocycles. The molecule has 4 N–H and O–H groups in total. The van der Waals surface area contributed by atoms with Gasteiger partial charge in [-0.3, -0.25) is 19.6 Å². The zero-order chi connectivity index (χ0) is 20.5. The van der Waals surface area contributed by atoms with E-state index in [4.69, 9.17) is 10.7 Å². The van der Waals surface area contributed by atoms with Gasteiger partial charge < -0.3 is 16.4 Å². The highest BCUT2D eigenvalue weighted by atomic mass is 127. The number of carbonyl (C=O) groups excluding carboxylic acids is 1. The quantitative estimate of drug-likeness (QED) is 0.253. The van der Waals surface area contributed by atoms with Crippen molar-refractivity contribution < 1.29 is 4.79 Å². The molecular formula is C22H43IN6O. The molecule has 1 aliphatic carbocycles. The second-order valence-corrected chi connectivity index (χ2v) is 9.18. The summed E-state index contributed by atoms with van der Waals surface area (Å²) in [6.45, 7) is 8.62. The highest BCUT2D eigenvalue weighted by molar-refractivity contribution is 14.0. The van der Waals surface area contributed by atoms with Gasteiger partial charge >= 0.3 is 0 Å². The van der Waals surface area contributed by atoms with Gasteiger partial charge in [-0.05, 0) is 57.9 Å². The summed E-state index contributed by atoms with van der Waals surface area (Å²) in [7, 11) is 0. The Morgan fingerprint density at radius 2 is 1.77 bits per heavy atom. The van der Waals surface area contributed by atoms with Crippen LogP contribution in [0, 0.1) is 5.92 Å². The maximum absolute atomic E-state index is 11.1. The Hall–Kier alpha value is -0.610. The Labute approximate surface area is 200 Å². The third-order valence-electron chi connectivity index (χ3n) is 6.83. The normalized spacial score (nSPS) is 25.1. The molecule has 1 amide bonds. The molecule has 1 unspecified atom stereocenters. The summed E-state index contributed by atoms with van der Waals surface area (Å²) in [4.78, 5) is 20.9. The molecule has 0 spiro atoms. The lowest BCUT2D eigenvalue weighted by Gasteiger charge is -2.32. The van der Waals surface area contributed by atoms with E-state index in [-0.39, 0.29) is 29.9 Å². The fourth-order valence-corrected chi connectivity index (χ4v) is 5.21. The van der Waals surface area contributed by atoms with Gasteiger partial charge in [-0.1, -0.05) is 19.3 Å². The maximum atomic E-state index is 11.1. The summed E-state index contributed by atoms with van der Waals surface area (Å²) in [6, 6.07) is 1.02. The minimum Gasteiger partial charge on any atom is -0.369 e. The summed E-state index contributed by atoms with van der Waals surface area (Å²) in [5, 5.41) is 7.05. The molecule has 30 heavy (non-hydrogen) atoms. The average Bonchev–Trinajstić information content (AvgIpc) is 3.15. The lowest BCUT2D eigenvalue weighted by Crippen LogP contribution is -2.50. The number of hydrogen-bond donors (Lipinski definition) is 3. The van der Waals surface area contributed by atoms with Crippen LogP contribution in [0.5, 0.6) is 0 Å². The smallest absolute Gasteiger partial charge is 0.231 e. The van der Waals surface area contributed by atoms with Gasteiger partial charge in [0.15, 0.2) is 5.96 Å². The van der Waals surface area contributed by atoms with Crippen molar-refractivity contribution in [3.8, 4) is 0 Å². The summed E-state index contributed by atoms with van der Waals surface area (Å²) in [5.41, 5.74) is 5.32. The second kappa shape index (κ2) is 13.7. The van der Waals surface area contributed by atoms with Gasteiger partial charge in [-0.25, -0.2) is 0 Å². The molecule has 174 valence electrons. The number of nitrogens with zero attached hydrogens (tertiary/aromatic N) is 3. The number of likely N-dealkylation sites (tertiary alicyclic amines) is 2. The van der Waals surface area contributed by atoms with Crippen LogP contribution in [0.1, 0.15) is 64.7 Å². The van der Waals surface area contributed by atoms with Crippen LogP contribution in [0.2, 0.25) is 0 Å². The predicted molar refractivity (Wildman–Crippen MR) is 134 cm³/mol. The largest absolute Gasteiger partial charge is 0.369 e. The van der Waals surface area contributed by atoms with E-state index in [1.807, 2.05) is 0 Å². The molecule has 1 atom stereocenters. The SMILES string of the molecule is CCNC(=NCC1CCCN1CC1CCCCC1)NC1CCN(CC(N)=O)CC1.I. The van der Waals surface area contributed by atoms with Crippen molar-refractivity contribution >= 4 is 35.8 Å². The van der Waals surface area contributed by atoms with Crippen LogP contribution in [0.15, 0.2) is 4.99 Å². The molecular weight excluding hydrogens is 491 g/mol. The average molecular weight is 535 g/mol. The van der Waals surface area contributed by atoms with Crippen LogP contribution in [-0.4, -0.2) is 79.6 Å². The van der Waals surface area contributed by atoms with Gasteiger partial charge in [-0.2, -0.15) is 0 Å². The second-order valence-electron chi connectivity index (χ2n) is 9.18. The van der Waals surface area contributed by atoms with E-state index >= 15 is 0 Å². The first kappa shape index (κ1) is 25.6. The molecule has 0 aromatic heterocycles. The van der Waals surface area contributed by atoms with Crippen molar-refractivity contribution in [2.45, 2.75) is 76.8 Å². The monoisotopic (exact) mass is 534 g/mol. The number of carbonyl (C=O) groups is 1. The van der Waals surface area contributed by atoms with E-state index in [0.717, 1.165) is 50.9 Å². The van der Waals surface area contributed by atoms with Crippen molar-refractivity contribution in [3.63, 3.8) is 0 Å². The van der Waals surface area contributed by atoms with Gasteiger partial charge in [0.05, 0.1) is 13.1 Å². The van der Waals surface area contributed by atoms with Gasteiger partial charge in [0, 0.05) is 38.3 Å². The number of nitrogens with one attached hydrogen (secondary N) is 2. The fourth-order valence-electron chi connectivity index (χ4n) is 5.21. The van der Waals surface area contributed by atoms with E-state index < -0.39 is 0 Å². The Bertz CT molecular complexity index is 532. The summed E-state index contributed by atoms with van der Waals surface area (Å²) in [5.74, 6) is 1.62. The van der Waals surface area contributed by atoms with Gasteiger partial charge in [0.1, 0.15) is 0 Å². The van der Waals surface area contributed by atoms with E-state index in [1.165, 1.54) is 58.0 Å². The Kier molecular flexibility index (Phi) is 11.7. The number of amides is 1. The molecule has 8 heteroatoms. The Morgan fingerprint density at radius 3 is 2.43 bits per heavy atom. The van der Waals surface area contributed by atoms with E-state index in [2.05, 4.69) is 27.4 Å². The maximum Gasteiger partial charge on any atom is 0.231 e. The van der Waals surface area contributed by atoms with Gasteiger partial charge in [0.2, 0.25) is 5.91 Å². The third kappa shape index (κ3) is 8.49. The number of halogens is 1. The molecule has 1 saturated carbocycles. The standard InChI is InChI=1S/C22H42N6O.HI/c1-2-24-22(26-19-10-13-27(14-11-19)17-21(23)29)25-15-20-9-6-12-28(20)16-18-7-4-3-5-8-18;/h18-20H,2-17H2,1H3,(H2,23,29)(H2,24,25,26);1H. The van der Waals surface area contributed by atoms with Crippen LogP contribution in [0.4, 0.5) is 0 Å². The molecule has 7 nitrogen and oxygen atoms in total. The molecule has 3 rings (SSSR count). The van der Waals surface area contributed by atoms with Crippen molar-refractivity contribution in [3.05, 3.63) is 0 Å². The minimum atomic E-state index is -0.236. The van der Waals surface area contributed by atoms with Crippen molar-refractivity contribution in [1.29, 1.82) is 0 Å². The van der Waals surface area contributed by atoms with E-state index in [0.29, 0.717) is 18.6 Å². The highest BCUT2D eigenvalue weighted by Crippen LogP contribution is 2.27. The summed E-state index contributed by atoms with van der Waals surface area (Å²) in [6.07, 6.45) is 11.8. The molecule has 0 radical (unpaired) electrons. The number of piperidine rings is 1. The molecule has 0 aromatic rings. The molecule has 2 heterocycles. The molecule has 2 saturated heterocycles. The van der Waals surface area contributed by atoms with Gasteiger partial charge in [0.25, 0.3) is 0 Å². The van der Waals surface area contributed by atoms with Crippen LogP contribution >= 0.6 is 24.0 Å². The summed E-state index contributed by atoms with van der Waals surface area (Å²) < 4.78 is 0. The summed E-state index contributed by atoms with van der Waals surface area (Å²) >= 11 is 0. The van der Waals surface area contributed by atoms with Crippen LogP contribution < -0.4 is 16.4 Å². The first-order valence-electron chi connectivity index (χ1n) is 11.9. The third-order valence-corrected chi connectivity index (χ3v) is 6.83. The fraction of sp³-hybridized carbons (Fsp3) is 0.909. The lowest BCUT2D eigenvalue weighted by molar-refractivity contribution is -0.119. The zero-order valence-corrected chi connectivity index (χ0v) is 21.1. The predicted octanol–water partition coefficient (Wildman–Crippen LogP) is 2.15. The molecule has 3 fully saturated rings. The Balaban J connectivity index is 0.00000320. The first-order valence-corrected chi connectivity index (χ1v) is 11.9. The highest BCUT2D eigenvalue weighted by Gasteiger charge is 2.27. The number of hydrogen-bond acceptors (Lipinski definition) is 4. The lowest BCUT2D eigenvalue weighted by atomic mass is 9.89. The van der Waals surface area contributed by atoms with E-state index in [9.17, 15) is 4.79 Å². The van der Waals surface area contributed by atoms with Crippen molar-refractivity contribution in [2.24, 2.45) is 16.6 Å². The van der Waals surface area contributed by atoms with Crippen LogP contribution in [0.3, 0.4) is 0 Å². The van der Waals surface area contributed by atoms with Crippen LogP contribution in [0.25, 0.3) is 0 Å². The molecule has 3 aliphatic rings. The topological polar surface area (TPSA) is 86.0 Å². The number of guanidine groups is 1. The molecule has 2 aliphatic heterocycles. The van der Waals surface area contributed by atoms with Crippen LogP contribution in [-0.2, 0) is 4.79 Å². The number of rotatable bonds is 8. The van der Waals surface area contributed by atoms with Gasteiger partial charge in [-0.15, -0.1) is 24.0 Å². The number of primary amides is 1.